The molecule has 5 nitrogen and oxygen atoms in total. The highest BCUT2D eigenvalue weighted by Crippen LogP contribution is 2.63. The standard InChI is InChI=1S/C33H42FN3O2/c1-23(17-31(2,3)4)21-39-22-33(19-30(38)28-8-6-7-15-35-28)14-13-25-16-29-24(18-32(25,33)5)20-36-37(29)27-11-9-26(34)10-12-27/h6-12,15-16,20,23,30,38H,13-14,17-19,21-22H2,1-5H3. The summed E-state index contributed by atoms with van der Waals surface area (Å²) in [5.41, 5.74) is 5.00. The lowest BCUT2D eigenvalue weighted by atomic mass is 9.59. The monoisotopic (exact) mass is 531 g/mol. The number of fused-ring (bicyclic) bond motifs is 2. The van der Waals surface area contributed by atoms with Crippen molar-refractivity contribution < 1.29 is 14.2 Å². The Balaban J connectivity index is 1.44. The second-order valence-electron chi connectivity index (χ2n) is 13.3. The van der Waals surface area contributed by atoms with Crippen LogP contribution in [-0.2, 0) is 11.2 Å². The van der Waals surface area contributed by atoms with E-state index < -0.39 is 6.10 Å². The Labute approximate surface area is 232 Å². The SMILES string of the molecule is CC(COCC1(CC(O)c2ccccn2)CCC2=Cc3c(cnn3-c3ccc(F)cc3)CC21C)CC(C)(C)C. The first-order valence-electron chi connectivity index (χ1n) is 14.2. The number of aliphatic hydroxyl groups excluding tert-OH is 1. The molecule has 208 valence electrons. The van der Waals surface area contributed by atoms with E-state index in [2.05, 4.69) is 45.7 Å². The molecule has 0 saturated heterocycles. The van der Waals surface area contributed by atoms with Crippen LogP contribution in [-0.4, -0.2) is 33.1 Å². The van der Waals surface area contributed by atoms with Gasteiger partial charge in [-0.15, -0.1) is 0 Å². The number of allylic oxidation sites excluding steroid dienone is 1. The minimum absolute atomic E-state index is 0.181. The van der Waals surface area contributed by atoms with E-state index in [1.54, 1.807) is 18.3 Å². The van der Waals surface area contributed by atoms with Crippen LogP contribution in [0.3, 0.4) is 0 Å². The van der Waals surface area contributed by atoms with Gasteiger partial charge in [-0.2, -0.15) is 5.10 Å². The largest absolute Gasteiger partial charge is 0.387 e. The van der Waals surface area contributed by atoms with Crippen molar-refractivity contribution in [2.24, 2.45) is 22.2 Å². The number of nitrogens with zero attached hydrogens (tertiary/aromatic N) is 3. The molecule has 2 heterocycles. The first kappa shape index (κ1) is 27.7. The zero-order valence-corrected chi connectivity index (χ0v) is 24.0. The number of ether oxygens (including phenoxy) is 1. The third-order valence-corrected chi connectivity index (χ3v) is 8.92. The molecule has 1 saturated carbocycles. The fourth-order valence-electron chi connectivity index (χ4n) is 7.04. The topological polar surface area (TPSA) is 60.2 Å². The summed E-state index contributed by atoms with van der Waals surface area (Å²) in [5.74, 6) is 0.202. The molecule has 6 heteroatoms. The predicted molar refractivity (Wildman–Crippen MR) is 153 cm³/mol. The van der Waals surface area contributed by atoms with E-state index >= 15 is 0 Å². The normalized spacial score (nSPS) is 24.1. The Morgan fingerprint density at radius 2 is 1.92 bits per heavy atom. The van der Waals surface area contributed by atoms with Crippen molar-refractivity contribution in [1.29, 1.82) is 0 Å². The van der Waals surface area contributed by atoms with Crippen molar-refractivity contribution in [2.75, 3.05) is 13.2 Å². The molecule has 39 heavy (non-hydrogen) atoms. The number of aliphatic hydroxyl groups is 1. The van der Waals surface area contributed by atoms with Crippen LogP contribution in [0.15, 0.2) is 60.4 Å². The summed E-state index contributed by atoms with van der Waals surface area (Å²) in [5, 5.41) is 16.1. The molecule has 2 aliphatic rings. The Kier molecular flexibility index (Phi) is 7.55. The molecule has 0 spiro atoms. The van der Waals surface area contributed by atoms with Crippen LogP contribution in [0.25, 0.3) is 11.8 Å². The fourth-order valence-corrected chi connectivity index (χ4v) is 7.04. The van der Waals surface area contributed by atoms with Crippen molar-refractivity contribution >= 4 is 6.08 Å². The lowest BCUT2D eigenvalue weighted by molar-refractivity contribution is -0.0534. The van der Waals surface area contributed by atoms with Crippen LogP contribution in [0.1, 0.15) is 83.4 Å². The molecular formula is C33H42FN3O2. The van der Waals surface area contributed by atoms with E-state index in [1.165, 1.54) is 23.3 Å². The van der Waals surface area contributed by atoms with Gasteiger partial charge in [-0.05, 0) is 91.5 Å². The van der Waals surface area contributed by atoms with Crippen molar-refractivity contribution in [3.05, 3.63) is 83.2 Å². The summed E-state index contributed by atoms with van der Waals surface area (Å²) in [6.45, 7) is 12.7. The third-order valence-electron chi connectivity index (χ3n) is 8.92. The molecule has 4 unspecified atom stereocenters. The van der Waals surface area contributed by atoms with Gasteiger partial charge in [0.1, 0.15) is 5.82 Å². The highest BCUT2D eigenvalue weighted by atomic mass is 19.1. The number of hydrogen-bond acceptors (Lipinski definition) is 4. The molecule has 1 N–H and O–H groups in total. The summed E-state index contributed by atoms with van der Waals surface area (Å²) in [6.07, 6.45) is 9.72. The van der Waals surface area contributed by atoms with Crippen LogP contribution >= 0.6 is 0 Å². The van der Waals surface area contributed by atoms with E-state index in [-0.39, 0.29) is 22.1 Å². The molecule has 3 aromatic rings. The Morgan fingerprint density at radius 3 is 2.62 bits per heavy atom. The van der Waals surface area contributed by atoms with E-state index in [0.29, 0.717) is 31.2 Å². The summed E-state index contributed by atoms with van der Waals surface area (Å²) in [7, 11) is 0. The van der Waals surface area contributed by atoms with Gasteiger partial charge in [-0.25, -0.2) is 9.07 Å². The van der Waals surface area contributed by atoms with Crippen LogP contribution in [0.2, 0.25) is 0 Å². The fraction of sp³-hybridized carbons (Fsp3) is 0.515. The summed E-state index contributed by atoms with van der Waals surface area (Å²) >= 11 is 0. The molecule has 2 aliphatic carbocycles. The van der Waals surface area contributed by atoms with E-state index in [1.807, 2.05) is 29.1 Å². The highest BCUT2D eigenvalue weighted by molar-refractivity contribution is 5.62. The number of pyridine rings is 1. The smallest absolute Gasteiger partial charge is 0.123 e. The third kappa shape index (κ3) is 5.59. The van der Waals surface area contributed by atoms with Crippen LogP contribution in [0.5, 0.6) is 0 Å². The van der Waals surface area contributed by atoms with Crippen LogP contribution in [0.4, 0.5) is 4.39 Å². The molecular weight excluding hydrogens is 489 g/mol. The zero-order valence-electron chi connectivity index (χ0n) is 24.0. The zero-order chi connectivity index (χ0) is 27.8. The van der Waals surface area contributed by atoms with Gasteiger partial charge in [0.25, 0.3) is 0 Å². The Bertz CT molecular complexity index is 1310. The average molecular weight is 532 g/mol. The summed E-state index contributed by atoms with van der Waals surface area (Å²) in [4.78, 5) is 4.46. The molecule has 0 bridgehead atoms. The number of benzene rings is 1. The van der Waals surface area contributed by atoms with Gasteiger partial charge in [0.2, 0.25) is 0 Å². The molecule has 5 rings (SSSR count). The van der Waals surface area contributed by atoms with Gasteiger partial charge in [0.15, 0.2) is 0 Å². The van der Waals surface area contributed by atoms with Crippen molar-refractivity contribution in [3.8, 4) is 5.69 Å². The van der Waals surface area contributed by atoms with E-state index in [4.69, 9.17) is 9.84 Å². The van der Waals surface area contributed by atoms with Crippen LogP contribution in [0, 0.1) is 28.0 Å². The second-order valence-corrected chi connectivity index (χ2v) is 13.3. The van der Waals surface area contributed by atoms with Crippen molar-refractivity contribution in [2.45, 2.75) is 72.8 Å². The minimum Gasteiger partial charge on any atom is -0.387 e. The lowest BCUT2D eigenvalue weighted by Crippen LogP contribution is -2.44. The first-order chi connectivity index (χ1) is 18.5. The Morgan fingerprint density at radius 1 is 1.15 bits per heavy atom. The quantitative estimate of drug-likeness (QED) is 0.314. The van der Waals surface area contributed by atoms with Gasteiger partial charge < -0.3 is 9.84 Å². The number of halogens is 1. The molecule has 0 amide bonds. The second kappa shape index (κ2) is 10.6. The molecule has 1 aromatic carbocycles. The van der Waals surface area contributed by atoms with E-state index in [0.717, 1.165) is 37.1 Å². The van der Waals surface area contributed by atoms with E-state index in [9.17, 15) is 9.50 Å². The van der Waals surface area contributed by atoms with Gasteiger partial charge in [-0.3, -0.25) is 4.98 Å². The van der Waals surface area contributed by atoms with Gasteiger partial charge >= 0.3 is 0 Å². The van der Waals surface area contributed by atoms with Gasteiger partial charge in [0.05, 0.1) is 36.0 Å². The molecule has 4 atom stereocenters. The summed E-state index contributed by atoms with van der Waals surface area (Å²) in [6, 6.07) is 12.2. The number of hydrogen-bond donors (Lipinski definition) is 1. The molecule has 1 fully saturated rings. The number of rotatable bonds is 9. The average Bonchev–Trinajstić information content (AvgIpc) is 3.40. The molecule has 2 aromatic heterocycles. The predicted octanol–water partition coefficient (Wildman–Crippen LogP) is 7.35. The van der Waals surface area contributed by atoms with Crippen molar-refractivity contribution in [1.82, 2.24) is 14.8 Å². The lowest BCUT2D eigenvalue weighted by Gasteiger charge is -2.47. The summed E-state index contributed by atoms with van der Waals surface area (Å²) < 4.78 is 22.0. The highest BCUT2D eigenvalue weighted by Gasteiger charge is 2.56. The maximum Gasteiger partial charge on any atom is 0.123 e. The maximum absolute atomic E-state index is 13.6. The molecule has 0 radical (unpaired) electrons. The van der Waals surface area contributed by atoms with Gasteiger partial charge in [0, 0.05) is 23.6 Å². The number of aromatic nitrogens is 3. The Hall–Kier alpha value is -2.83. The van der Waals surface area contributed by atoms with Gasteiger partial charge in [-0.1, -0.05) is 46.3 Å². The molecule has 0 aliphatic heterocycles. The minimum atomic E-state index is -0.665. The maximum atomic E-state index is 13.6. The van der Waals surface area contributed by atoms with Crippen molar-refractivity contribution in [3.63, 3.8) is 0 Å². The first-order valence-corrected chi connectivity index (χ1v) is 14.2. The van der Waals surface area contributed by atoms with Crippen LogP contribution < -0.4 is 0 Å².